The predicted molar refractivity (Wildman–Crippen MR) is 135 cm³/mol. The summed E-state index contributed by atoms with van der Waals surface area (Å²) in [6.07, 6.45) is 0.882. The fourth-order valence-corrected chi connectivity index (χ4v) is 3.60. The molecule has 0 radical (unpaired) electrons. The van der Waals surface area contributed by atoms with Crippen LogP contribution in [0.3, 0.4) is 0 Å². The first kappa shape index (κ1) is 23.5. The molecule has 0 spiro atoms. The molecule has 0 aliphatic carbocycles. The van der Waals surface area contributed by atoms with Crippen LogP contribution in [0.2, 0.25) is 0 Å². The highest BCUT2D eigenvalue weighted by atomic mass is 16.3. The number of aromatic amines is 1. The molecule has 10 heteroatoms. The molecule has 1 amide bonds. The maximum Gasteiger partial charge on any atom is 0.276 e. The quantitative estimate of drug-likeness (QED) is 0.0853. The molecule has 3 aromatic carbocycles. The van der Waals surface area contributed by atoms with Gasteiger partial charge >= 0.3 is 0 Å². The van der Waals surface area contributed by atoms with Gasteiger partial charge in [-0.1, -0.05) is 48.5 Å². The van der Waals surface area contributed by atoms with Crippen molar-refractivity contribution in [3.8, 4) is 0 Å². The van der Waals surface area contributed by atoms with Crippen LogP contribution in [0.4, 0.5) is 11.4 Å². The van der Waals surface area contributed by atoms with Crippen LogP contribution < -0.4 is 27.7 Å². The number of benzene rings is 3. The monoisotopic (exact) mass is 470 g/mol. The fraction of sp³-hybridized carbons (Fsp3) is 0.0800. The maximum absolute atomic E-state index is 12.9. The van der Waals surface area contributed by atoms with E-state index in [0.29, 0.717) is 23.4 Å². The highest BCUT2D eigenvalue weighted by Crippen LogP contribution is 2.28. The number of H-pyrrole nitrogens is 1. The van der Waals surface area contributed by atoms with Crippen LogP contribution in [0.5, 0.6) is 0 Å². The highest BCUT2D eigenvalue weighted by Gasteiger charge is 2.17. The molecule has 0 saturated carbocycles. The Morgan fingerprint density at radius 3 is 2.49 bits per heavy atom. The number of carbonyl (C=O) groups excluding carboxylic acids is 1. The summed E-state index contributed by atoms with van der Waals surface area (Å²) in [5.41, 5.74) is 12.4. The first-order valence-electron chi connectivity index (χ1n) is 10.9. The van der Waals surface area contributed by atoms with E-state index < -0.39 is 6.10 Å². The zero-order valence-electron chi connectivity index (χ0n) is 18.8. The van der Waals surface area contributed by atoms with Crippen LogP contribution in [-0.2, 0) is 6.54 Å². The summed E-state index contributed by atoms with van der Waals surface area (Å²) in [5, 5.41) is 27.6. The number of rotatable bonds is 9. The fourth-order valence-electron chi connectivity index (χ4n) is 3.60. The first-order chi connectivity index (χ1) is 17.1. The molecular weight excluding hydrogens is 444 g/mol. The number of hydrogen-bond acceptors (Lipinski definition) is 7. The third kappa shape index (κ3) is 5.64. The van der Waals surface area contributed by atoms with Crippen LogP contribution in [0.1, 0.15) is 38.8 Å². The number of hydrogen-bond donors (Lipinski definition) is 7. The lowest BCUT2D eigenvalue weighted by molar-refractivity contribution is 0.102. The van der Waals surface area contributed by atoms with Crippen LogP contribution >= 0.6 is 0 Å². The van der Waals surface area contributed by atoms with Crippen LogP contribution in [0.25, 0.3) is 0 Å². The Morgan fingerprint density at radius 2 is 1.74 bits per heavy atom. The van der Waals surface area contributed by atoms with Crippen molar-refractivity contribution in [1.82, 2.24) is 15.7 Å². The Bertz CT molecular complexity index is 1300. The van der Waals surface area contributed by atoms with Crippen molar-refractivity contribution in [3.05, 3.63) is 113 Å². The van der Waals surface area contributed by atoms with E-state index in [1.54, 1.807) is 30.5 Å². The van der Waals surface area contributed by atoms with Gasteiger partial charge in [0, 0.05) is 40.8 Å². The molecule has 178 valence electrons. The lowest BCUT2D eigenvalue weighted by Crippen LogP contribution is -2.23. The molecule has 1 aromatic heterocycles. The van der Waals surface area contributed by atoms with E-state index in [9.17, 15) is 9.90 Å². The van der Waals surface area contributed by atoms with Crippen molar-refractivity contribution >= 4 is 23.1 Å². The second-order valence-corrected chi connectivity index (χ2v) is 7.67. The molecule has 4 aromatic rings. The average Bonchev–Trinajstić information content (AvgIpc) is 3.37. The van der Waals surface area contributed by atoms with Crippen molar-refractivity contribution in [1.29, 1.82) is 0 Å². The number of nitrogens with two attached hydrogens (primary N) is 2. The Morgan fingerprint density at radius 1 is 1.03 bits per heavy atom. The Hall–Kier alpha value is -4.67. The topological polar surface area (TPSA) is 166 Å². The number of aliphatic hydroxyl groups is 1. The normalized spacial score (nSPS) is 12.1. The molecular formula is C25H26N8O2. The van der Waals surface area contributed by atoms with Gasteiger partial charge in [0.25, 0.3) is 5.91 Å². The van der Waals surface area contributed by atoms with Crippen molar-refractivity contribution in [2.24, 2.45) is 16.7 Å². The van der Waals surface area contributed by atoms with E-state index in [2.05, 4.69) is 31.5 Å². The highest BCUT2D eigenvalue weighted by molar-refractivity contribution is 6.04. The van der Waals surface area contributed by atoms with E-state index in [4.69, 9.17) is 11.6 Å². The van der Waals surface area contributed by atoms with Gasteiger partial charge < -0.3 is 21.5 Å². The Balaban J connectivity index is 1.44. The number of aromatic nitrogens is 2. The minimum Gasteiger partial charge on any atom is -0.384 e. The molecule has 1 heterocycles. The number of hydrazine groups is 1. The van der Waals surface area contributed by atoms with Gasteiger partial charge in [-0.3, -0.25) is 9.89 Å². The van der Waals surface area contributed by atoms with Gasteiger partial charge in [-0.05, 0) is 35.9 Å². The summed E-state index contributed by atoms with van der Waals surface area (Å²) < 4.78 is 0. The molecule has 9 N–H and O–H groups in total. The summed E-state index contributed by atoms with van der Waals surface area (Å²) in [5.74, 6) is 5.00. The number of nitrogens with one attached hydrogen (secondary N) is 4. The number of para-hydroxylation sites is 1. The third-order valence-electron chi connectivity index (χ3n) is 5.40. The van der Waals surface area contributed by atoms with Crippen LogP contribution in [0.15, 0.2) is 90.2 Å². The number of hydrazone groups is 1. The largest absolute Gasteiger partial charge is 0.384 e. The average molecular weight is 471 g/mol. The number of aliphatic hydroxyl groups excluding tert-OH is 1. The predicted octanol–water partition coefficient (Wildman–Crippen LogP) is 2.44. The standard InChI is InChI=1S/C25H26N8O2/c26-24(32-33-27)17-10-12-19(13-11-17)30-25(35)22-18(15-29-31-22)14-28-21-9-5-4-8-20(21)23(34)16-6-2-1-3-7-16/h1-13,15,23,28,33-34H,14,27H2,(H2,26,32)(H,29,31)(H,30,35). The SMILES string of the molecule is NN/N=C(\N)c1ccc(NC(=O)c2n[nH]cc2CNc2ccccc2C(O)c2ccccc2)cc1. The van der Waals surface area contributed by atoms with Gasteiger partial charge in [0.05, 0.1) is 0 Å². The smallest absolute Gasteiger partial charge is 0.276 e. The van der Waals surface area contributed by atoms with Crippen LogP contribution in [-0.4, -0.2) is 27.0 Å². The van der Waals surface area contributed by atoms with Crippen molar-refractivity contribution in [3.63, 3.8) is 0 Å². The summed E-state index contributed by atoms with van der Waals surface area (Å²) in [4.78, 5) is 12.9. The van der Waals surface area contributed by atoms with Crippen molar-refractivity contribution in [2.45, 2.75) is 12.6 Å². The molecule has 4 rings (SSSR count). The van der Waals surface area contributed by atoms with Gasteiger partial charge in [-0.2, -0.15) is 5.10 Å². The van der Waals surface area contributed by atoms with E-state index in [-0.39, 0.29) is 17.4 Å². The third-order valence-corrected chi connectivity index (χ3v) is 5.40. The zero-order valence-corrected chi connectivity index (χ0v) is 18.8. The Labute approximate surface area is 202 Å². The minimum atomic E-state index is -0.783. The molecule has 0 bridgehead atoms. The van der Waals surface area contributed by atoms with Crippen molar-refractivity contribution < 1.29 is 9.90 Å². The van der Waals surface area contributed by atoms with E-state index in [1.807, 2.05) is 54.6 Å². The minimum absolute atomic E-state index is 0.226. The lowest BCUT2D eigenvalue weighted by Gasteiger charge is -2.17. The van der Waals surface area contributed by atoms with E-state index in [0.717, 1.165) is 16.8 Å². The Kier molecular flexibility index (Phi) is 7.36. The molecule has 0 fully saturated rings. The second kappa shape index (κ2) is 11.0. The van der Waals surface area contributed by atoms with Gasteiger partial charge in [-0.25, -0.2) is 11.4 Å². The molecule has 0 aliphatic heterocycles. The molecule has 0 saturated heterocycles. The van der Waals surface area contributed by atoms with Gasteiger partial charge in [0.2, 0.25) is 0 Å². The van der Waals surface area contributed by atoms with Crippen molar-refractivity contribution in [2.75, 3.05) is 10.6 Å². The number of carbonyl (C=O) groups is 1. The van der Waals surface area contributed by atoms with Gasteiger partial charge in [0.1, 0.15) is 6.10 Å². The molecule has 0 aliphatic rings. The maximum atomic E-state index is 12.9. The first-order valence-corrected chi connectivity index (χ1v) is 10.9. The second-order valence-electron chi connectivity index (χ2n) is 7.67. The van der Waals surface area contributed by atoms with Crippen LogP contribution in [0, 0.1) is 0 Å². The summed E-state index contributed by atoms with van der Waals surface area (Å²) in [6.45, 7) is 0.329. The lowest BCUT2D eigenvalue weighted by atomic mass is 10.00. The number of nitrogens with zero attached hydrogens (tertiary/aromatic N) is 2. The number of amides is 1. The number of amidine groups is 1. The molecule has 1 unspecified atom stereocenters. The number of anilines is 2. The molecule has 35 heavy (non-hydrogen) atoms. The molecule has 1 atom stereocenters. The zero-order chi connectivity index (χ0) is 24.6. The van der Waals surface area contributed by atoms with Gasteiger partial charge in [-0.15, -0.1) is 5.10 Å². The van der Waals surface area contributed by atoms with E-state index >= 15 is 0 Å². The summed E-state index contributed by atoms with van der Waals surface area (Å²) in [6, 6.07) is 23.8. The van der Waals surface area contributed by atoms with Gasteiger partial charge in [0.15, 0.2) is 11.5 Å². The molecule has 10 nitrogen and oxygen atoms in total. The summed E-state index contributed by atoms with van der Waals surface area (Å²) >= 11 is 0. The van der Waals surface area contributed by atoms with E-state index in [1.165, 1.54) is 0 Å². The summed E-state index contributed by atoms with van der Waals surface area (Å²) in [7, 11) is 0.